The Morgan fingerprint density at radius 1 is 1.31 bits per heavy atom. The third-order valence-electron chi connectivity index (χ3n) is 1.57. The summed E-state index contributed by atoms with van der Waals surface area (Å²) in [6.45, 7) is -4.86. The van der Waals surface area contributed by atoms with Gasteiger partial charge in [-0.1, -0.05) is 23.1 Å². The van der Waals surface area contributed by atoms with E-state index >= 15 is 0 Å². The Morgan fingerprint density at radius 3 is 2.44 bits per heavy atom. The number of halogens is 4. The summed E-state index contributed by atoms with van der Waals surface area (Å²) < 4.78 is 37.1. The van der Waals surface area contributed by atoms with Crippen LogP contribution in [-0.4, -0.2) is 6.98 Å². The van der Waals surface area contributed by atoms with Crippen molar-refractivity contribution in [3.8, 4) is 0 Å². The summed E-state index contributed by atoms with van der Waals surface area (Å²) in [5, 5.41) is 3.27. The third kappa shape index (κ3) is 6.48. The van der Waals surface area contributed by atoms with Gasteiger partial charge in [0.05, 0.1) is 0 Å². The average Bonchev–Trinajstić information content (AvgIpc) is 1.99. The molecule has 0 N–H and O–H groups in total. The second kappa shape index (κ2) is 7.24. The smallest absolute Gasteiger partial charge is 0.449 e. The second-order valence-corrected chi connectivity index (χ2v) is 4.17. The minimum Gasteiger partial charge on any atom is -0.449 e. The standard InChI is InChI=1S/C7H5BF3IN3.K/c9-8(10,11)4-5-1-6(12)3-7(2-5)14-15-13;/h1-3H,4H2;/q-1;+1. The molecule has 0 atom stereocenters. The van der Waals surface area contributed by atoms with Crippen LogP contribution in [0.2, 0.25) is 0 Å². The van der Waals surface area contributed by atoms with Crippen LogP contribution < -0.4 is 51.4 Å². The summed E-state index contributed by atoms with van der Waals surface area (Å²) in [5.74, 6) is 0. The Morgan fingerprint density at radius 2 is 1.94 bits per heavy atom. The number of rotatable bonds is 3. The van der Waals surface area contributed by atoms with E-state index in [1.807, 2.05) is 22.6 Å². The van der Waals surface area contributed by atoms with Crippen LogP contribution in [0.5, 0.6) is 0 Å². The molecule has 16 heavy (non-hydrogen) atoms. The van der Waals surface area contributed by atoms with Crippen molar-refractivity contribution in [2.24, 2.45) is 5.11 Å². The summed E-state index contributed by atoms with van der Waals surface area (Å²) in [6.07, 6.45) is -0.954. The first-order valence-electron chi connectivity index (χ1n) is 3.96. The van der Waals surface area contributed by atoms with E-state index in [1.165, 1.54) is 18.2 Å². The van der Waals surface area contributed by atoms with E-state index in [2.05, 4.69) is 10.0 Å². The van der Waals surface area contributed by atoms with E-state index in [0.29, 0.717) is 3.57 Å². The van der Waals surface area contributed by atoms with E-state index in [-0.39, 0.29) is 62.6 Å². The van der Waals surface area contributed by atoms with Gasteiger partial charge in [0.1, 0.15) is 0 Å². The molecule has 0 unspecified atom stereocenters. The van der Waals surface area contributed by atoms with Crippen molar-refractivity contribution in [2.75, 3.05) is 0 Å². The summed E-state index contributed by atoms with van der Waals surface area (Å²) >= 11 is 1.88. The molecule has 1 rings (SSSR count). The normalized spacial score (nSPS) is 10.2. The van der Waals surface area contributed by atoms with Gasteiger partial charge < -0.3 is 12.9 Å². The van der Waals surface area contributed by atoms with Gasteiger partial charge >= 0.3 is 58.4 Å². The molecular formula is C7H5BF3IKN3. The molecule has 0 spiro atoms. The molecule has 0 radical (unpaired) electrons. The fourth-order valence-corrected chi connectivity index (χ4v) is 1.85. The van der Waals surface area contributed by atoms with Gasteiger partial charge in [0.2, 0.25) is 0 Å². The molecule has 0 heterocycles. The molecular weight excluding hydrogens is 360 g/mol. The Hall–Kier alpha value is 0.751. The van der Waals surface area contributed by atoms with Crippen LogP contribution >= 0.6 is 22.6 Å². The predicted octanol–water partition coefficient (Wildman–Crippen LogP) is 1.17. The number of hydrogen-bond donors (Lipinski definition) is 0. The Kier molecular flexibility index (Phi) is 7.58. The average molecular weight is 365 g/mol. The van der Waals surface area contributed by atoms with Crippen molar-refractivity contribution < 1.29 is 64.3 Å². The van der Waals surface area contributed by atoms with Crippen molar-refractivity contribution in [3.63, 3.8) is 0 Å². The Labute approximate surface area is 146 Å². The topological polar surface area (TPSA) is 48.8 Å². The van der Waals surface area contributed by atoms with Crippen molar-refractivity contribution in [1.82, 2.24) is 0 Å². The van der Waals surface area contributed by atoms with Crippen LogP contribution in [0.4, 0.5) is 18.6 Å². The quantitative estimate of drug-likeness (QED) is 0.254. The Balaban J connectivity index is 0.00000225. The predicted molar refractivity (Wildman–Crippen MR) is 60.7 cm³/mol. The van der Waals surface area contributed by atoms with Gasteiger partial charge in [0.15, 0.2) is 0 Å². The molecule has 1 aromatic carbocycles. The van der Waals surface area contributed by atoms with E-state index in [1.54, 1.807) is 0 Å². The monoisotopic (exact) mass is 365 g/mol. The van der Waals surface area contributed by atoms with Gasteiger partial charge in [-0.15, -0.1) is 0 Å². The molecule has 0 aromatic heterocycles. The van der Waals surface area contributed by atoms with Crippen molar-refractivity contribution in [2.45, 2.75) is 6.32 Å². The molecule has 0 aliphatic carbocycles. The van der Waals surface area contributed by atoms with Gasteiger partial charge in [-0.25, -0.2) is 0 Å². The first kappa shape index (κ1) is 16.8. The molecule has 3 nitrogen and oxygen atoms in total. The van der Waals surface area contributed by atoms with Crippen LogP contribution in [0.15, 0.2) is 23.3 Å². The molecule has 0 aliphatic rings. The molecule has 0 saturated heterocycles. The van der Waals surface area contributed by atoms with E-state index in [0.717, 1.165) is 0 Å². The molecule has 0 amide bonds. The zero-order valence-electron chi connectivity index (χ0n) is 8.37. The number of azide groups is 1. The van der Waals surface area contributed by atoms with Crippen LogP contribution in [0.1, 0.15) is 5.56 Å². The summed E-state index contributed by atoms with van der Waals surface area (Å²) in [7, 11) is 0. The van der Waals surface area contributed by atoms with Crippen LogP contribution in [0, 0.1) is 3.57 Å². The number of hydrogen-bond acceptors (Lipinski definition) is 1. The minimum absolute atomic E-state index is 0. The van der Waals surface area contributed by atoms with E-state index in [9.17, 15) is 12.9 Å². The van der Waals surface area contributed by atoms with Crippen molar-refractivity contribution in [1.29, 1.82) is 0 Å². The van der Waals surface area contributed by atoms with Crippen LogP contribution in [0.25, 0.3) is 10.4 Å². The second-order valence-electron chi connectivity index (χ2n) is 2.92. The molecule has 0 fully saturated rings. The molecule has 9 heteroatoms. The minimum atomic E-state index is -4.86. The van der Waals surface area contributed by atoms with Gasteiger partial charge in [-0.3, -0.25) is 0 Å². The van der Waals surface area contributed by atoms with Gasteiger partial charge in [-0.2, -0.15) is 0 Å². The van der Waals surface area contributed by atoms with Gasteiger partial charge in [0, 0.05) is 14.2 Å². The van der Waals surface area contributed by atoms with E-state index < -0.39 is 13.3 Å². The molecule has 0 bridgehead atoms. The molecule has 80 valence electrons. The van der Waals surface area contributed by atoms with Gasteiger partial charge in [-0.05, 0) is 40.3 Å². The number of nitrogens with zero attached hydrogens (tertiary/aromatic N) is 3. The third-order valence-corrected chi connectivity index (χ3v) is 2.19. The zero-order chi connectivity index (χ0) is 11.5. The first-order chi connectivity index (χ1) is 6.90. The summed E-state index contributed by atoms with van der Waals surface area (Å²) in [4.78, 5) is 2.53. The first-order valence-corrected chi connectivity index (χ1v) is 5.04. The maximum atomic E-state index is 12.1. The number of benzene rings is 1. The SMILES string of the molecule is [K+].[N-]=[N+]=Nc1cc(I)cc(C[B-](F)(F)F)c1. The maximum absolute atomic E-state index is 12.1. The molecule has 0 saturated carbocycles. The zero-order valence-corrected chi connectivity index (χ0v) is 13.7. The largest absolute Gasteiger partial charge is 1.00 e. The van der Waals surface area contributed by atoms with Crippen LogP contribution in [-0.2, 0) is 6.32 Å². The Bertz CT molecular complexity index is 420. The van der Waals surface area contributed by atoms with E-state index in [4.69, 9.17) is 5.53 Å². The maximum Gasteiger partial charge on any atom is 1.00 e. The summed E-state index contributed by atoms with van der Waals surface area (Å²) in [6, 6.07) is 4.19. The molecule has 0 aliphatic heterocycles. The summed E-state index contributed by atoms with van der Waals surface area (Å²) in [5.41, 5.74) is 8.50. The van der Waals surface area contributed by atoms with Crippen molar-refractivity contribution >= 4 is 35.3 Å². The van der Waals surface area contributed by atoms with Gasteiger partial charge in [0.25, 0.3) is 0 Å². The van der Waals surface area contributed by atoms with Crippen molar-refractivity contribution in [3.05, 3.63) is 37.8 Å². The van der Waals surface area contributed by atoms with Crippen LogP contribution in [0.3, 0.4) is 0 Å². The molecule has 1 aromatic rings. The fourth-order valence-electron chi connectivity index (χ4n) is 1.13. The fraction of sp³-hybridized carbons (Fsp3) is 0.143.